The van der Waals surface area contributed by atoms with Crippen LogP contribution in [0.15, 0.2) is 46.7 Å². The molecule has 0 saturated carbocycles. The Morgan fingerprint density at radius 3 is 2.45 bits per heavy atom. The van der Waals surface area contributed by atoms with Crippen molar-refractivity contribution in [3.63, 3.8) is 0 Å². The lowest BCUT2D eigenvalue weighted by Crippen LogP contribution is -2.20. The van der Waals surface area contributed by atoms with Gasteiger partial charge in [-0.2, -0.15) is 8.78 Å². The molecule has 0 aliphatic rings. The molecule has 0 unspecified atom stereocenters. The summed E-state index contributed by atoms with van der Waals surface area (Å²) in [5, 5.41) is 7.56. The molecule has 0 aliphatic carbocycles. The van der Waals surface area contributed by atoms with Crippen LogP contribution in [0.4, 0.5) is 13.2 Å². The van der Waals surface area contributed by atoms with E-state index in [4.69, 9.17) is 14.4 Å². The highest BCUT2D eigenvalue weighted by molar-refractivity contribution is 6.43. The second-order valence-corrected chi connectivity index (χ2v) is 6.16. The minimum Gasteiger partial charge on any atom is -0.464 e. The van der Waals surface area contributed by atoms with Crippen molar-refractivity contribution in [1.82, 2.24) is 0 Å². The normalized spacial score (nSPS) is 12.0. The quantitative estimate of drug-likeness (QED) is 0.333. The van der Waals surface area contributed by atoms with Crippen molar-refractivity contribution < 1.29 is 37.1 Å². The van der Waals surface area contributed by atoms with E-state index in [0.29, 0.717) is 11.1 Å². The van der Waals surface area contributed by atoms with Crippen LogP contribution >= 0.6 is 0 Å². The first kappa shape index (κ1) is 23.7. The molecule has 0 saturated heterocycles. The van der Waals surface area contributed by atoms with Gasteiger partial charge in [0.05, 0.1) is 18.4 Å². The van der Waals surface area contributed by atoms with Gasteiger partial charge in [0.25, 0.3) is 0 Å². The third-order valence-electron chi connectivity index (χ3n) is 4.19. The molecule has 2 aromatic carbocycles. The number of oxime groups is 2. The van der Waals surface area contributed by atoms with Crippen LogP contribution in [0.3, 0.4) is 0 Å². The van der Waals surface area contributed by atoms with Gasteiger partial charge in [-0.1, -0.05) is 34.6 Å². The molecule has 0 amide bonds. The SMILES string of the molecule is CO/N=C(/C(=O)OC)c1cccc(C)c1CO/N=C(\C)c1c(F)cccc1OC(F)F. The molecule has 0 fully saturated rings. The molecule has 2 aromatic rings. The summed E-state index contributed by atoms with van der Waals surface area (Å²) in [6.45, 7) is -0.0766. The summed E-state index contributed by atoms with van der Waals surface area (Å²) in [6.07, 6.45) is 0. The van der Waals surface area contributed by atoms with Gasteiger partial charge in [-0.25, -0.2) is 9.18 Å². The van der Waals surface area contributed by atoms with Gasteiger partial charge in [-0.15, -0.1) is 0 Å². The Morgan fingerprint density at radius 2 is 1.81 bits per heavy atom. The molecule has 0 aromatic heterocycles. The number of methoxy groups -OCH3 is 1. The first-order valence-corrected chi connectivity index (χ1v) is 8.98. The lowest BCUT2D eigenvalue weighted by Gasteiger charge is -2.13. The molecular formula is C21H21F3N2O5. The molecular weight excluding hydrogens is 417 g/mol. The number of halogens is 3. The molecule has 7 nitrogen and oxygen atoms in total. The van der Waals surface area contributed by atoms with E-state index in [1.165, 1.54) is 33.3 Å². The van der Waals surface area contributed by atoms with Crippen molar-refractivity contribution in [3.05, 3.63) is 64.5 Å². The Hall–Kier alpha value is -3.56. The predicted octanol–water partition coefficient (Wildman–Crippen LogP) is 4.20. The summed E-state index contributed by atoms with van der Waals surface area (Å²) < 4.78 is 48.5. The molecule has 0 heterocycles. The van der Waals surface area contributed by atoms with Gasteiger partial charge in [0.1, 0.15) is 25.3 Å². The molecule has 0 bridgehead atoms. The highest BCUT2D eigenvalue weighted by Crippen LogP contribution is 2.25. The first-order chi connectivity index (χ1) is 14.8. The van der Waals surface area contributed by atoms with E-state index in [0.717, 1.165) is 11.6 Å². The number of hydrogen-bond acceptors (Lipinski definition) is 7. The highest BCUT2D eigenvalue weighted by atomic mass is 19.3. The third kappa shape index (κ3) is 5.97. The summed E-state index contributed by atoms with van der Waals surface area (Å²) >= 11 is 0. The first-order valence-electron chi connectivity index (χ1n) is 8.98. The average Bonchev–Trinajstić information content (AvgIpc) is 2.72. The van der Waals surface area contributed by atoms with Crippen molar-refractivity contribution in [2.75, 3.05) is 14.2 Å². The lowest BCUT2D eigenvalue weighted by atomic mass is 9.99. The number of rotatable bonds is 9. The number of aryl methyl sites for hydroxylation is 1. The zero-order valence-corrected chi connectivity index (χ0v) is 17.3. The molecule has 0 aliphatic heterocycles. The van der Waals surface area contributed by atoms with Crippen LogP contribution in [0, 0.1) is 12.7 Å². The van der Waals surface area contributed by atoms with Crippen LogP contribution in [0.5, 0.6) is 5.75 Å². The number of carbonyl (C=O) groups excluding carboxylic acids is 1. The van der Waals surface area contributed by atoms with Crippen LogP contribution in [-0.2, 0) is 25.8 Å². The Balaban J connectivity index is 2.34. The summed E-state index contributed by atoms with van der Waals surface area (Å²) in [4.78, 5) is 22.2. The van der Waals surface area contributed by atoms with Gasteiger partial charge in [0, 0.05) is 11.1 Å². The Bertz CT molecular complexity index is 993. The molecule has 2 rings (SSSR count). The monoisotopic (exact) mass is 438 g/mol. The molecule has 0 atom stereocenters. The van der Waals surface area contributed by atoms with Crippen molar-refractivity contribution in [3.8, 4) is 5.75 Å². The standard InChI is InChI=1S/C21H21F3N2O5/c1-12-7-5-8-14(19(26-29-4)20(27)28-3)15(12)11-30-25-13(2)18-16(22)9-6-10-17(18)31-21(23)24/h5-10,21H,11H2,1-4H3/b25-13+,26-19+. The second-order valence-electron chi connectivity index (χ2n) is 6.16. The number of carbonyl (C=O) groups is 1. The van der Waals surface area contributed by atoms with Crippen LogP contribution in [-0.4, -0.2) is 38.2 Å². The predicted molar refractivity (Wildman–Crippen MR) is 107 cm³/mol. The van der Waals surface area contributed by atoms with Crippen LogP contribution < -0.4 is 4.74 Å². The minimum atomic E-state index is -3.12. The Kier molecular flexibility index (Phi) is 8.42. The summed E-state index contributed by atoms with van der Waals surface area (Å²) in [7, 11) is 2.50. The van der Waals surface area contributed by atoms with E-state index in [2.05, 4.69) is 15.0 Å². The molecule has 10 heteroatoms. The van der Waals surface area contributed by atoms with Gasteiger partial charge in [0.15, 0.2) is 5.71 Å². The molecule has 31 heavy (non-hydrogen) atoms. The zero-order chi connectivity index (χ0) is 23.0. The minimum absolute atomic E-state index is 0.0114. The average molecular weight is 438 g/mol. The fourth-order valence-corrected chi connectivity index (χ4v) is 2.79. The topological polar surface area (TPSA) is 78.7 Å². The second kappa shape index (κ2) is 11.0. The fourth-order valence-electron chi connectivity index (χ4n) is 2.79. The maximum Gasteiger partial charge on any atom is 0.387 e. The number of ether oxygens (including phenoxy) is 2. The molecule has 0 N–H and O–H groups in total. The van der Waals surface area contributed by atoms with Crippen molar-refractivity contribution >= 4 is 17.4 Å². The van der Waals surface area contributed by atoms with Gasteiger partial charge in [-0.3, -0.25) is 0 Å². The highest BCUT2D eigenvalue weighted by Gasteiger charge is 2.21. The van der Waals surface area contributed by atoms with E-state index in [1.54, 1.807) is 25.1 Å². The maximum atomic E-state index is 14.2. The fraction of sp³-hybridized carbons (Fsp3) is 0.286. The van der Waals surface area contributed by atoms with Crippen molar-refractivity contribution in [2.45, 2.75) is 27.1 Å². The number of nitrogens with zero attached hydrogens (tertiary/aromatic N) is 2. The van der Waals surface area contributed by atoms with Gasteiger partial charge in [0.2, 0.25) is 0 Å². The zero-order valence-electron chi connectivity index (χ0n) is 17.3. The molecule has 0 spiro atoms. The number of benzene rings is 2. The summed E-state index contributed by atoms with van der Waals surface area (Å²) in [5.41, 5.74) is 1.37. The molecule has 166 valence electrons. The smallest absolute Gasteiger partial charge is 0.387 e. The third-order valence-corrected chi connectivity index (χ3v) is 4.19. The van der Waals surface area contributed by atoms with Crippen molar-refractivity contribution in [1.29, 1.82) is 0 Å². The van der Waals surface area contributed by atoms with E-state index in [9.17, 15) is 18.0 Å². The number of alkyl halides is 2. The van der Waals surface area contributed by atoms with Gasteiger partial charge >= 0.3 is 12.6 Å². The molecule has 0 radical (unpaired) electrons. The summed E-state index contributed by atoms with van der Waals surface area (Å²) in [5.74, 6) is -1.87. The lowest BCUT2D eigenvalue weighted by molar-refractivity contribution is -0.132. The Morgan fingerprint density at radius 1 is 1.10 bits per heavy atom. The van der Waals surface area contributed by atoms with Crippen molar-refractivity contribution in [2.24, 2.45) is 10.3 Å². The van der Waals surface area contributed by atoms with Crippen LogP contribution in [0.2, 0.25) is 0 Å². The van der Waals surface area contributed by atoms with Crippen LogP contribution in [0.25, 0.3) is 0 Å². The van der Waals surface area contributed by atoms with E-state index in [1.807, 2.05) is 0 Å². The van der Waals surface area contributed by atoms with Gasteiger partial charge in [-0.05, 0) is 31.5 Å². The van der Waals surface area contributed by atoms with E-state index in [-0.39, 0.29) is 29.3 Å². The maximum absolute atomic E-state index is 14.2. The van der Waals surface area contributed by atoms with Crippen LogP contribution in [0.1, 0.15) is 29.2 Å². The number of hydrogen-bond donors (Lipinski definition) is 0. The largest absolute Gasteiger partial charge is 0.464 e. The Labute approximate surface area is 177 Å². The number of esters is 1. The van der Waals surface area contributed by atoms with E-state index >= 15 is 0 Å². The van der Waals surface area contributed by atoms with Gasteiger partial charge < -0.3 is 19.1 Å². The summed E-state index contributed by atoms with van der Waals surface area (Å²) in [6, 6.07) is 8.66. The van der Waals surface area contributed by atoms with E-state index < -0.39 is 18.4 Å².